The van der Waals surface area contributed by atoms with E-state index in [2.05, 4.69) is 4.90 Å². The van der Waals surface area contributed by atoms with E-state index < -0.39 is 10.0 Å². The molecule has 20 heavy (non-hydrogen) atoms. The molecule has 0 saturated carbocycles. The first kappa shape index (κ1) is 13.9. The first-order chi connectivity index (χ1) is 9.59. The first-order valence-electron chi connectivity index (χ1n) is 7.11. The maximum absolute atomic E-state index is 12.6. The summed E-state index contributed by atoms with van der Waals surface area (Å²) in [5.74, 6) is -0.169. The smallest absolute Gasteiger partial charge is 0.246 e. The number of phenols is 1. The number of para-hydroxylation sites is 1. The molecule has 2 saturated heterocycles. The summed E-state index contributed by atoms with van der Waals surface area (Å²) in [6, 6.07) is 6.49. The van der Waals surface area contributed by atoms with Crippen LogP contribution in [-0.2, 0) is 10.0 Å². The number of hydrogen-bond acceptors (Lipinski definition) is 4. The van der Waals surface area contributed by atoms with Gasteiger partial charge in [-0.1, -0.05) is 12.1 Å². The highest BCUT2D eigenvalue weighted by Crippen LogP contribution is 2.29. The molecule has 0 amide bonds. The van der Waals surface area contributed by atoms with Gasteiger partial charge in [0.05, 0.1) is 0 Å². The molecule has 1 aromatic carbocycles. The predicted octanol–water partition coefficient (Wildman–Crippen LogP) is 1.25. The second kappa shape index (κ2) is 5.35. The Morgan fingerprint density at radius 1 is 1.10 bits per heavy atom. The largest absolute Gasteiger partial charge is 0.507 e. The number of likely N-dealkylation sites (tertiary alicyclic amines) is 1. The Hall–Kier alpha value is -1.11. The number of sulfonamides is 1. The van der Waals surface area contributed by atoms with E-state index in [1.165, 1.54) is 29.3 Å². The van der Waals surface area contributed by atoms with Crippen LogP contribution >= 0.6 is 0 Å². The summed E-state index contributed by atoms with van der Waals surface area (Å²) in [5, 5.41) is 9.77. The second-order valence-electron chi connectivity index (χ2n) is 5.52. The van der Waals surface area contributed by atoms with Crippen molar-refractivity contribution in [2.24, 2.45) is 0 Å². The summed E-state index contributed by atoms with van der Waals surface area (Å²) in [6.07, 6.45) is 3.30. The summed E-state index contributed by atoms with van der Waals surface area (Å²) in [5.41, 5.74) is 0. The highest BCUT2D eigenvalue weighted by Gasteiger charge is 2.36. The summed E-state index contributed by atoms with van der Waals surface area (Å²) in [6.45, 7) is 3.23. The minimum absolute atomic E-state index is 0.0158. The van der Waals surface area contributed by atoms with Crippen LogP contribution in [0.4, 0.5) is 0 Å². The second-order valence-corrected chi connectivity index (χ2v) is 7.42. The third-order valence-corrected chi connectivity index (χ3v) is 6.18. The maximum atomic E-state index is 12.6. The Bertz CT molecular complexity index is 582. The standard InChI is InChI=1S/C14H20N2O3S/c17-13-5-1-2-6-14(13)20(18,19)16-10-7-12(11-16)15-8-3-4-9-15/h1-2,5-6,12,17H,3-4,7-11H2. The van der Waals surface area contributed by atoms with Gasteiger partial charge < -0.3 is 5.11 Å². The fourth-order valence-corrected chi connectivity index (χ4v) is 4.72. The molecule has 1 N–H and O–H groups in total. The van der Waals surface area contributed by atoms with Gasteiger partial charge in [-0.3, -0.25) is 4.90 Å². The molecule has 3 rings (SSSR count). The van der Waals surface area contributed by atoms with Gasteiger partial charge in [-0.25, -0.2) is 8.42 Å². The van der Waals surface area contributed by atoms with Gasteiger partial charge in [0.2, 0.25) is 10.0 Å². The summed E-state index contributed by atoms with van der Waals surface area (Å²) in [4.78, 5) is 2.41. The van der Waals surface area contributed by atoms with Crippen LogP contribution in [0.2, 0.25) is 0 Å². The topological polar surface area (TPSA) is 60.9 Å². The van der Waals surface area contributed by atoms with Crippen molar-refractivity contribution >= 4 is 10.0 Å². The fraction of sp³-hybridized carbons (Fsp3) is 0.571. The molecule has 2 heterocycles. The lowest BCUT2D eigenvalue weighted by atomic mass is 10.2. The lowest BCUT2D eigenvalue weighted by Gasteiger charge is -2.23. The van der Waals surface area contributed by atoms with Crippen molar-refractivity contribution < 1.29 is 13.5 Å². The third-order valence-electron chi connectivity index (χ3n) is 4.27. The van der Waals surface area contributed by atoms with Crippen molar-refractivity contribution in [3.63, 3.8) is 0 Å². The molecular formula is C14H20N2O3S. The van der Waals surface area contributed by atoms with Crippen molar-refractivity contribution in [3.8, 4) is 5.75 Å². The Morgan fingerprint density at radius 2 is 1.80 bits per heavy atom. The van der Waals surface area contributed by atoms with Gasteiger partial charge in [0.25, 0.3) is 0 Å². The van der Waals surface area contributed by atoms with Crippen LogP contribution < -0.4 is 0 Å². The van der Waals surface area contributed by atoms with E-state index in [4.69, 9.17) is 0 Å². The Labute approximate surface area is 119 Å². The van der Waals surface area contributed by atoms with E-state index in [-0.39, 0.29) is 10.6 Å². The van der Waals surface area contributed by atoms with E-state index in [1.54, 1.807) is 12.1 Å². The van der Waals surface area contributed by atoms with E-state index >= 15 is 0 Å². The van der Waals surface area contributed by atoms with Crippen molar-refractivity contribution in [3.05, 3.63) is 24.3 Å². The summed E-state index contributed by atoms with van der Waals surface area (Å²) in [7, 11) is -3.58. The molecule has 6 heteroatoms. The number of nitrogens with zero attached hydrogens (tertiary/aromatic N) is 2. The van der Waals surface area contributed by atoms with Crippen LogP contribution in [-0.4, -0.2) is 55.0 Å². The number of phenolic OH excluding ortho intramolecular Hbond substituents is 1. The van der Waals surface area contributed by atoms with Crippen LogP contribution in [0.25, 0.3) is 0 Å². The molecule has 1 atom stereocenters. The molecule has 0 bridgehead atoms. The van der Waals surface area contributed by atoms with Crippen molar-refractivity contribution in [2.45, 2.75) is 30.2 Å². The number of hydrogen-bond donors (Lipinski definition) is 1. The Morgan fingerprint density at radius 3 is 2.50 bits per heavy atom. The van der Waals surface area contributed by atoms with Crippen LogP contribution in [0, 0.1) is 0 Å². The minimum Gasteiger partial charge on any atom is -0.507 e. The predicted molar refractivity (Wildman–Crippen MR) is 76.1 cm³/mol. The highest BCUT2D eigenvalue weighted by atomic mass is 32.2. The number of benzene rings is 1. The Balaban J connectivity index is 1.78. The van der Waals surface area contributed by atoms with Gasteiger partial charge in [0.1, 0.15) is 10.6 Å². The van der Waals surface area contributed by atoms with E-state index in [9.17, 15) is 13.5 Å². The summed E-state index contributed by atoms with van der Waals surface area (Å²) >= 11 is 0. The van der Waals surface area contributed by atoms with Crippen molar-refractivity contribution in [2.75, 3.05) is 26.2 Å². The van der Waals surface area contributed by atoms with Gasteiger partial charge in [-0.2, -0.15) is 4.31 Å². The minimum atomic E-state index is -3.58. The fourth-order valence-electron chi connectivity index (χ4n) is 3.15. The average Bonchev–Trinajstić information content (AvgIpc) is 3.10. The summed E-state index contributed by atoms with van der Waals surface area (Å²) < 4.78 is 26.6. The average molecular weight is 296 g/mol. The molecular weight excluding hydrogens is 276 g/mol. The van der Waals surface area contributed by atoms with Gasteiger partial charge in [-0.05, 0) is 44.5 Å². The number of rotatable bonds is 3. The zero-order chi connectivity index (χ0) is 14.2. The molecule has 2 aliphatic heterocycles. The molecule has 1 aromatic rings. The monoisotopic (exact) mass is 296 g/mol. The molecule has 2 aliphatic rings. The normalized spacial score (nSPS) is 25.3. The first-order valence-corrected chi connectivity index (χ1v) is 8.55. The van der Waals surface area contributed by atoms with Crippen LogP contribution in [0.5, 0.6) is 5.75 Å². The Kier molecular flexibility index (Phi) is 3.70. The molecule has 0 spiro atoms. The van der Waals surface area contributed by atoms with Gasteiger partial charge >= 0.3 is 0 Å². The van der Waals surface area contributed by atoms with Gasteiger partial charge in [0, 0.05) is 19.1 Å². The molecule has 2 fully saturated rings. The van der Waals surface area contributed by atoms with E-state index in [0.29, 0.717) is 19.1 Å². The lowest BCUT2D eigenvalue weighted by Crippen LogP contribution is -2.37. The van der Waals surface area contributed by atoms with Gasteiger partial charge in [-0.15, -0.1) is 0 Å². The molecule has 1 unspecified atom stereocenters. The van der Waals surface area contributed by atoms with Crippen LogP contribution in [0.15, 0.2) is 29.2 Å². The van der Waals surface area contributed by atoms with Gasteiger partial charge in [0.15, 0.2) is 0 Å². The molecule has 5 nitrogen and oxygen atoms in total. The molecule has 0 radical (unpaired) electrons. The zero-order valence-corrected chi connectivity index (χ0v) is 12.2. The molecule has 0 aromatic heterocycles. The molecule has 0 aliphatic carbocycles. The van der Waals surface area contributed by atoms with Crippen molar-refractivity contribution in [1.29, 1.82) is 0 Å². The number of aromatic hydroxyl groups is 1. The highest BCUT2D eigenvalue weighted by molar-refractivity contribution is 7.89. The lowest BCUT2D eigenvalue weighted by molar-refractivity contribution is 0.251. The zero-order valence-electron chi connectivity index (χ0n) is 11.4. The SMILES string of the molecule is O=S(=O)(c1ccccc1O)N1CCC(N2CCCC2)C1. The van der Waals surface area contributed by atoms with Crippen LogP contribution in [0.3, 0.4) is 0 Å². The van der Waals surface area contributed by atoms with E-state index in [0.717, 1.165) is 19.5 Å². The molecule has 110 valence electrons. The third kappa shape index (κ3) is 2.43. The maximum Gasteiger partial charge on any atom is 0.246 e. The van der Waals surface area contributed by atoms with E-state index in [1.807, 2.05) is 0 Å². The quantitative estimate of drug-likeness (QED) is 0.912. The van der Waals surface area contributed by atoms with Crippen LogP contribution in [0.1, 0.15) is 19.3 Å². The van der Waals surface area contributed by atoms with Crippen molar-refractivity contribution in [1.82, 2.24) is 9.21 Å².